The topological polar surface area (TPSA) is 62.2 Å². The fourth-order valence-electron chi connectivity index (χ4n) is 2.50. The number of aliphatic imine (C=N–C) groups is 1. The van der Waals surface area contributed by atoms with Gasteiger partial charge < -0.3 is 5.73 Å². The summed E-state index contributed by atoms with van der Waals surface area (Å²) in [5.41, 5.74) is 9.88. The molecule has 2 unspecified atom stereocenters. The van der Waals surface area contributed by atoms with Crippen LogP contribution in [0.2, 0.25) is 0 Å². The Kier molecular flexibility index (Phi) is 3.63. The normalized spacial score (nSPS) is 21.1. The Morgan fingerprint density at radius 2 is 1.48 bits per heavy atom. The van der Waals surface area contributed by atoms with Gasteiger partial charge in [-0.25, -0.2) is 0 Å². The maximum absolute atomic E-state index is 9.41. The SMILES string of the molecule is N#CC1C(c2ccccc2)=CC(c2ccccc2)=NC1N. The second-order valence-electron chi connectivity index (χ2n) is 4.94. The fourth-order valence-corrected chi connectivity index (χ4v) is 2.50. The lowest BCUT2D eigenvalue weighted by Crippen LogP contribution is -2.32. The molecule has 3 heteroatoms. The number of rotatable bonds is 2. The van der Waals surface area contributed by atoms with Gasteiger partial charge in [0.05, 0.1) is 11.8 Å². The Labute approximate surface area is 124 Å². The van der Waals surface area contributed by atoms with E-state index in [1.165, 1.54) is 0 Å². The number of dihydropyridines is 1. The number of benzene rings is 2. The third kappa shape index (κ3) is 2.62. The molecule has 1 aliphatic rings. The molecule has 3 nitrogen and oxygen atoms in total. The van der Waals surface area contributed by atoms with Gasteiger partial charge in [0, 0.05) is 0 Å². The van der Waals surface area contributed by atoms with Crippen molar-refractivity contribution in [2.75, 3.05) is 0 Å². The second kappa shape index (κ2) is 5.74. The monoisotopic (exact) mass is 273 g/mol. The molecule has 2 aromatic carbocycles. The van der Waals surface area contributed by atoms with E-state index in [0.717, 1.165) is 22.4 Å². The van der Waals surface area contributed by atoms with Gasteiger partial charge in [-0.05, 0) is 22.8 Å². The molecule has 0 saturated heterocycles. The van der Waals surface area contributed by atoms with Gasteiger partial charge in [-0.3, -0.25) is 4.99 Å². The minimum absolute atomic E-state index is 0.417. The predicted octanol–water partition coefficient (Wildman–Crippen LogP) is 3.00. The maximum atomic E-state index is 9.41. The molecule has 0 aromatic heterocycles. The average Bonchev–Trinajstić information content (AvgIpc) is 2.55. The number of hydrogen-bond donors (Lipinski definition) is 1. The molecular weight excluding hydrogens is 258 g/mol. The molecule has 1 aliphatic heterocycles. The fraction of sp³-hybridized carbons (Fsp3) is 0.111. The lowest BCUT2D eigenvalue weighted by Gasteiger charge is -2.23. The molecule has 0 fully saturated rings. The highest BCUT2D eigenvalue weighted by Crippen LogP contribution is 2.30. The van der Waals surface area contributed by atoms with Crippen LogP contribution in [0.5, 0.6) is 0 Å². The molecule has 0 spiro atoms. The summed E-state index contributed by atoms with van der Waals surface area (Å²) in [5, 5.41) is 9.41. The predicted molar refractivity (Wildman–Crippen MR) is 84.5 cm³/mol. The van der Waals surface area contributed by atoms with Crippen LogP contribution in [-0.4, -0.2) is 11.9 Å². The van der Waals surface area contributed by atoms with E-state index in [1.807, 2.05) is 66.7 Å². The van der Waals surface area contributed by atoms with Crippen molar-refractivity contribution in [3.05, 3.63) is 77.9 Å². The highest BCUT2D eigenvalue weighted by molar-refractivity contribution is 6.13. The van der Waals surface area contributed by atoms with Crippen LogP contribution in [0, 0.1) is 17.2 Å². The lowest BCUT2D eigenvalue weighted by atomic mass is 9.87. The van der Waals surface area contributed by atoms with Gasteiger partial charge in [0.1, 0.15) is 12.1 Å². The Bertz CT molecular complexity index is 724. The number of allylic oxidation sites excluding steroid dienone is 1. The molecule has 0 aliphatic carbocycles. The van der Waals surface area contributed by atoms with Crippen LogP contribution in [0.3, 0.4) is 0 Å². The minimum atomic E-state index is -0.537. The van der Waals surface area contributed by atoms with Crippen molar-refractivity contribution in [2.45, 2.75) is 6.17 Å². The van der Waals surface area contributed by atoms with E-state index < -0.39 is 12.1 Å². The van der Waals surface area contributed by atoms with E-state index >= 15 is 0 Å². The maximum Gasteiger partial charge on any atom is 0.118 e. The molecule has 0 saturated carbocycles. The van der Waals surface area contributed by atoms with E-state index in [0.29, 0.717) is 0 Å². The zero-order chi connectivity index (χ0) is 14.7. The van der Waals surface area contributed by atoms with Gasteiger partial charge in [-0.2, -0.15) is 5.26 Å². The first-order valence-corrected chi connectivity index (χ1v) is 6.85. The van der Waals surface area contributed by atoms with E-state index in [2.05, 4.69) is 11.1 Å². The Morgan fingerprint density at radius 1 is 0.905 bits per heavy atom. The summed E-state index contributed by atoms with van der Waals surface area (Å²) in [5.74, 6) is -0.417. The molecule has 0 bridgehead atoms. The second-order valence-corrected chi connectivity index (χ2v) is 4.94. The summed E-state index contributed by atoms with van der Waals surface area (Å²) in [6, 6.07) is 22.0. The zero-order valence-electron chi connectivity index (χ0n) is 11.5. The third-order valence-electron chi connectivity index (χ3n) is 3.57. The first-order valence-electron chi connectivity index (χ1n) is 6.85. The van der Waals surface area contributed by atoms with Gasteiger partial charge in [-0.1, -0.05) is 60.7 Å². The van der Waals surface area contributed by atoms with E-state index in [9.17, 15) is 5.26 Å². The van der Waals surface area contributed by atoms with Crippen molar-refractivity contribution in [1.82, 2.24) is 0 Å². The quantitative estimate of drug-likeness (QED) is 0.914. The molecular formula is C18H15N3. The Balaban J connectivity index is 2.09. The van der Waals surface area contributed by atoms with Crippen molar-refractivity contribution in [3.8, 4) is 6.07 Å². The average molecular weight is 273 g/mol. The number of nitrogens with zero attached hydrogens (tertiary/aromatic N) is 2. The molecule has 3 rings (SSSR count). The summed E-state index contributed by atoms with van der Waals surface area (Å²) in [7, 11) is 0. The Morgan fingerprint density at radius 3 is 2.05 bits per heavy atom. The van der Waals surface area contributed by atoms with Crippen molar-refractivity contribution in [2.24, 2.45) is 16.6 Å². The van der Waals surface area contributed by atoms with Crippen molar-refractivity contribution >= 4 is 11.3 Å². The van der Waals surface area contributed by atoms with Gasteiger partial charge in [-0.15, -0.1) is 0 Å². The zero-order valence-corrected chi connectivity index (χ0v) is 11.5. The number of hydrogen-bond acceptors (Lipinski definition) is 3. The summed E-state index contributed by atoms with van der Waals surface area (Å²) in [6.45, 7) is 0. The molecule has 2 aromatic rings. The molecule has 0 radical (unpaired) electrons. The lowest BCUT2D eigenvalue weighted by molar-refractivity contribution is 0.627. The van der Waals surface area contributed by atoms with Gasteiger partial charge in [0.25, 0.3) is 0 Å². The van der Waals surface area contributed by atoms with Crippen LogP contribution in [0.25, 0.3) is 5.57 Å². The summed E-state index contributed by atoms with van der Waals surface area (Å²) in [4.78, 5) is 4.48. The molecule has 2 N–H and O–H groups in total. The van der Waals surface area contributed by atoms with Crippen molar-refractivity contribution < 1.29 is 0 Å². The van der Waals surface area contributed by atoms with E-state index in [1.54, 1.807) is 0 Å². The molecule has 0 amide bonds. The van der Waals surface area contributed by atoms with Crippen LogP contribution in [-0.2, 0) is 0 Å². The highest BCUT2D eigenvalue weighted by Gasteiger charge is 2.27. The Hall–Kier alpha value is -2.70. The van der Waals surface area contributed by atoms with E-state index in [-0.39, 0.29) is 0 Å². The van der Waals surface area contributed by atoms with Crippen LogP contribution >= 0.6 is 0 Å². The largest absolute Gasteiger partial charge is 0.308 e. The summed E-state index contributed by atoms with van der Waals surface area (Å²) >= 11 is 0. The molecule has 102 valence electrons. The van der Waals surface area contributed by atoms with Crippen LogP contribution < -0.4 is 5.73 Å². The minimum Gasteiger partial charge on any atom is -0.308 e. The smallest absolute Gasteiger partial charge is 0.118 e. The van der Waals surface area contributed by atoms with Gasteiger partial charge in [0.15, 0.2) is 0 Å². The number of nitrogens with two attached hydrogens (primary N) is 1. The first-order chi connectivity index (χ1) is 10.3. The van der Waals surface area contributed by atoms with Gasteiger partial charge >= 0.3 is 0 Å². The standard InChI is InChI=1S/C18H15N3/c19-12-16-15(13-7-3-1-4-8-13)11-17(21-18(16)20)14-9-5-2-6-10-14/h1-11,16,18H,20H2. The van der Waals surface area contributed by atoms with E-state index in [4.69, 9.17) is 5.73 Å². The van der Waals surface area contributed by atoms with Gasteiger partial charge in [0.2, 0.25) is 0 Å². The first kappa shape index (κ1) is 13.3. The van der Waals surface area contributed by atoms with Crippen LogP contribution in [0.4, 0.5) is 0 Å². The molecule has 1 heterocycles. The molecule has 21 heavy (non-hydrogen) atoms. The van der Waals surface area contributed by atoms with Crippen LogP contribution in [0.15, 0.2) is 71.7 Å². The third-order valence-corrected chi connectivity index (χ3v) is 3.57. The van der Waals surface area contributed by atoms with Crippen molar-refractivity contribution in [3.63, 3.8) is 0 Å². The molecule has 2 atom stereocenters. The summed E-state index contributed by atoms with van der Waals surface area (Å²) in [6.07, 6.45) is 1.44. The summed E-state index contributed by atoms with van der Waals surface area (Å²) < 4.78 is 0. The van der Waals surface area contributed by atoms with Crippen LogP contribution in [0.1, 0.15) is 11.1 Å². The highest BCUT2D eigenvalue weighted by atomic mass is 15.0. The number of nitriles is 1. The van der Waals surface area contributed by atoms with Crippen molar-refractivity contribution in [1.29, 1.82) is 5.26 Å².